The van der Waals surface area contributed by atoms with Crippen LogP contribution < -0.4 is 15.5 Å². The fourth-order valence-electron chi connectivity index (χ4n) is 2.65. The maximum Gasteiger partial charge on any atom is 0.246 e. The predicted molar refractivity (Wildman–Crippen MR) is 85.7 cm³/mol. The van der Waals surface area contributed by atoms with E-state index >= 15 is 0 Å². The van der Waals surface area contributed by atoms with Crippen LogP contribution in [0.4, 0.5) is 11.4 Å². The second-order valence-electron chi connectivity index (χ2n) is 6.32. The second kappa shape index (κ2) is 6.03. The van der Waals surface area contributed by atoms with E-state index in [1.165, 1.54) is 0 Å². The van der Waals surface area contributed by atoms with Crippen LogP contribution in [-0.2, 0) is 4.79 Å². The van der Waals surface area contributed by atoms with E-state index < -0.39 is 5.60 Å². The van der Waals surface area contributed by atoms with Crippen LogP contribution in [0.1, 0.15) is 38.8 Å². The molecule has 5 nitrogen and oxygen atoms in total. The Balaban J connectivity index is 2.18. The molecule has 2 rings (SSSR count). The van der Waals surface area contributed by atoms with Crippen molar-refractivity contribution < 1.29 is 9.90 Å². The van der Waals surface area contributed by atoms with Gasteiger partial charge in [0.1, 0.15) is 6.04 Å². The maximum absolute atomic E-state index is 12.0. The Hall–Kier alpha value is -1.59. The summed E-state index contributed by atoms with van der Waals surface area (Å²) in [6, 6.07) is 5.68. The smallest absolute Gasteiger partial charge is 0.246 e. The quantitative estimate of drug-likeness (QED) is 0.749. The van der Waals surface area contributed by atoms with E-state index in [-0.39, 0.29) is 11.9 Å². The Morgan fingerprint density at radius 3 is 2.76 bits per heavy atom. The fraction of sp³-hybridized carbons (Fsp3) is 0.562. The van der Waals surface area contributed by atoms with Crippen LogP contribution in [0.3, 0.4) is 0 Å². The minimum atomic E-state index is -0.762. The lowest BCUT2D eigenvalue weighted by molar-refractivity contribution is -0.117. The third-order valence-electron chi connectivity index (χ3n) is 3.53. The van der Waals surface area contributed by atoms with Gasteiger partial charge >= 0.3 is 0 Å². The molecule has 1 heterocycles. The number of hydrogen-bond acceptors (Lipinski definition) is 4. The predicted octanol–water partition coefficient (Wildman–Crippen LogP) is 1.89. The number of rotatable bonds is 6. The molecule has 21 heavy (non-hydrogen) atoms. The molecule has 1 aliphatic heterocycles. The standard InChI is InChI=1S/C16H25N3O2/c1-5-8-17-14-12-7-6-11(9-13(12)18-15(14)20)19(4)10-16(2,3)21/h6-7,9,14,17,21H,5,8,10H2,1-4H3,(H,18,20). The van der Waals surface area contributed by atoms with E-state index in [9.17, 15) is 9.90 Å². The van der Waals surface area contributed by atoms with E-state index in [0.717, 1.165) is 29.9 Å². The van der Waals surface area contributed by atoms with Gasteiger partial charge in [-0.15, -0.1) is 0 Å². The summed E-state index contributed by atoms with van der Waals surface area (Å²) in [6.45, 7) is 6.98. The molecular formula is C16H25N3O2. The van der Waals surface area contributed by atoms with Gasteiger partial charge in [-0.25, -0.2) is 0 Å². The van der Waals surface area contributed by atoms with Crippen LogP contribution in [0.25, 0.3) is 0 Å². The molecule has 0 bridgehead atoms. The Bertz CT molecular complexity index is 523. The molecule has 0 saturated heterocycles. The summed E-state index contributed by atoms with van der Waals surface area (Å²) in [5.41, 5.74) is 2.07. The van der Waals surface area contributed by atoms with Crippen molar-refractivity contribution in [2.24, 2.45) is 0 Å². The van der Waals surface area contributed by atoms with E-state index in [1.807, 2.05) is 30.1 Å². The number of hydrogen-bond donors (Lipinski definition) is 3. The first-order chi connectivity index (χ1) is 9.81. The highest BCUT2D eigenvalue weighted by Crippen LogP contribution is 2.34. The molecule has 0 saturated carbocycles. The largest absolute Gasteiger partial charge is 0.389 e. The third kappa shape index (κ3) is 3.74. The number of carbonyl (C=O) groups is 1. The number of nitrogens with one attached hydrogen (secondary N) is 2. The highest BCUT2D eigenvalue weighted by atomic mass is 16.3. The van der Waals surface area contributed by atoms with Crippen molar-refractivity contribution in [2.45, 2.75) is 38.8 Å². The fourth-order valence-corrected chi connectivity index (χ4v) is 2.65. The van der Waals surface area contributed by atoms with Crippen LogP contribution in [0.15, 0.2) is 18.2 Å². The lowest BCUT2D eigenvalue weighted by atomic mass is 10.1. The Kier molecular flexibility index (Phi) is 4.54. The van der Waals surface area contributed by atoms with Gasteiger partial charge in [-0.1, -0.05) is 13.0 Å². The molecule has 0 fully saturated rings. The Morgan fingerprint density at radius 1 is 1.43 bits per heavy atom. The van der Waals surface area contributed by atoms with Crippen molar-refractivity contribution in [1.82, 2.24) is 5.32 Å². The van der Waals surface area contributed by atoms with Crippen molar-refractivity contribution in [3.63, 3.8) is 0 Å². The van der Waals surface area contributed by atoms with Crippen molar-refractivity contribution >= 4 is 17.3 Å². The van der Waals surface area contributed by atoms with Crippen molar-refractivity contribution in [2.75, 3.05) is 30.4 Å². The monoisotopic (exact) mass is 291 g/mol. The van der Waals surface area contributed by atoms with E-state index in [4.69, 9.17) is 0 Å². The maximum atomic E-state index is 12.0. The Morgan fingerprint density at radius 2 is 2.14 bits per heavy atom. The van der Waals surface area contributed by atoms with E-state index in [1.54, 1.807) is 13.8 Å². The zero-order valence-electron chi connectivity index (χ0n) is 13.2. The molecule has 0 aliphatic carbocycles. The lowest BCUT2D eigenvalue weighted by Gasteiger charge is -2.27. The summed E-state index contributed by atoms with van der Waals surface area (Å²) in [5.74, 6) is 0.000686. The van der Waals surface area contributed by atoms with Crippen molar-refractivity contribution in [1.29, 1.82) is 0 Å². The highest BCUT2D eigenvalue weighted by molar-refractivity contribution is 6.03. The Labute approximate surface area is 126 Å². The molecule has 1 aliphatic rings. The van der Waals surface area contributed by atoms with Gasteiger partial charge in [0, 0.05) is 30.5 Å². The summed E-state index contributed by atoms with van der Waals surface area (Å²) in [7, 11) is 1.93. The topological polar surface area (TPSA) is 64.6 Å². The van der Waals surface area contributed by atoms with Gasteiger partial charge in [-0.05, 0) is 38.9 Å². The van der Waals surface area contributed by atoms with Crippen molar-refractivity contribution in [3.05, 3.63) is 23.8 Å². The number of anilines is 2. The molecule has 1 atom stereocenters. The van der Waals surface area contributed by atoms with Gasteiger partial charge in [-0.3, -0.25) is 4.79 Å². The zero-order valence-corrected chi connectivity index (χ0v) is 13.2. The molecule has 116 valence electrons. The summed E-state index contributed by atoms with van der Waals surface area (Å²) in [5, 5.41) is 16.1. The van der Waals surface area contributed by atoms with Crippen LogP contribution in [0.5, 0.6) is 0 Å². The average molecular weight is 291 g/mol. The van der Waals surface area contributed by atoms with Crippen LogP contribution in [-0.4, -0.2) is 36.8 Å². The molecule has 1 amide bonds. The lowest BCUT2D eigenvalue weighted by Crippen LogP contribution is -2.36. The molecule has 0 radical (unpaired) electrons. The minimum Gasteiger partial charge on any atom is -0.389 e. The number of nitrogens with zero attached hydrogens (tertiary/aromatic N) is 1. The van der Waals surface area contributed by atoms with E-state index in [0.29, 0.717) is 6.54 Å². The summed E-state index contributed by atoms with van der Waals surface area (Å²) < 4.78 is 0. The SMILES string of the molecule is CCCNC1C(=O)Nc2cc(N(C)CC(C)(C)O)ccc21. The normalized spacial score (nSPS) is 17.6. The average Bonchev–Trinajstić information content (AvgIpc) is 2.69. The van der Waals surface area contributed by atoms with Gasteiger partial charge in [0.05, 0.1) is 5.60 Å². The first-order valence-electron chi connectivity index (χ1n) is 7.43. The molecule has 5 heteroatoms. The van der Waals surface area contributed by atoms with Gasteiger partial charge in [-0.2, -0.15) is 0 Å². The van der Waals surface area contributed by atoms with Gasteiger partial charge in [0.2, 0.25) is 5.91 Å². The number of amides is 1. The first kappa shape index (κ1) is 15.8. The summed E-state index contributed by atoms with van der Waals surface area (Å²) in [6.07, 6.45) is 0.992. The number of benzene rings is 1. The summed E-state index contributed by atoms with van der Waals surface area (Å²) in [4.78, 5) is 14.0. The first-order valence-corrected chi connectivity index (χ1v) is 7.43. The molecule has 0 aromatic heterocycles. The number of fused-ring (bicyclic) bond motifs is 1. The van der Waals surface area contributed by atoms with Crippen LogP contribution in [0, 0.1) is 0 Å². The highest BCUT2D eigenvalue weighted by Gasteiger charge is 2.30. The van der Waals surface area contributed by atoms with Crippen LogP contribution >= 0.6 is 0 Å². The third-order valence-corrected chi connectivity index (χ3v) is 3.53. The molecular weight excluding hydrogens is 266 g/mol. The summed E-state index contributed by atoms with van der Waals surface area (Å²) >= 11 is 0. The molecule has 3 N–H and O–H groups in total. The molecule has 0 spiro atoms. The number of aliphatic hydroxyl groups is 1. The van der Waals surface area contributed by atoms with Crippen LogP contribution in [0.2, 0.25) is 0 Å². The van der Waals surface area contributed by atoms with Gasteiger partial charge in [0.25, 0.3) is 0 Å². The van der Waals surface area contributed by atoms with Gasteiger partial charge < -0.3 is 20.6 Å². The number of likely N-dealkylation sites (N-methyl/N-ethyl adjacent to an activating group) is 1. The molecule has 1 aromatic carbocycles. The number of carbonyl (C=O) groups excluding carboxylic acids is 1. The zero-order chi connectivity index (χ0) is 15.6. The van der Waals surface area contributed by atoms with E-state index in [2.05, 4.69) is 17.6 Å². The molecule has 1 aromatic rings. The minimum absolute atomic E-state index is 0.000686. The van der Waals surface area contributed by atoms with Crippen molar-refractivity contribution in [3.8, 4) is 0 Å². The second-order valence-corrected chi connectivity index (χ2v) is 6.32. The van der Waals surface area contributed by atoms with Gasteiger partial charge in [0.15, 0.2) is 0 Å². The molecule has 1 unspecified atom stereocenters.